The predicted molar refractivity (Wildman–Crippen MR) is 126 cm³/mol. The Morgan fingerprint density at radius 3 is 2.52 bits per heavy atom. The number of ether oxygens (including phenoxy) is 2. The van der Waals surface area contributed by atoms with Crippen LogP contribution in [0.4, 0.5) is 0 Å². The molecule has 2 heterocycles. The molecule has 5 nitrogen and oxygen atoms in total. The third kappa shape index (κ3) is 4.26. The van der Waals surface area contributed by atoms with Crippen LogP contribution in [0.15, 0.2) is 72.8 Å². The molecule has 0 radical (unpaired) electrons. The number of carbonyl (C=O) groups excluding carboxylic acids is 1. The highest BCUT2D eigenvalue weighted by molar-refractivity contribution is 5.72. The van der Waals surface area contributed by atoms with Crippen LogP contribution in [-0.2, 0) is 28.2 Å². The number of hydrogen-bond acceptors (Lipinski definition) is 5. The molecule has 1 saturated heterocycles. The van der Waals surface area contributed by atoms with Crippen molar-refractivity contribution in [3.8, 4) is 5.75 Å². The second kappa shape index (κ2) is 9.00. The van der Waals surface area contributed by atoms with Gasteiger partial charge in [-0.2, -0.15) is 0 Å². The number of methoxy groups -OCH3 is 1. The SMILES string of the molecule is COC(=O)Cc1ccc2c(c1)C(N1CCC(O)(c3ccccc3)CC1)c1ccccc1CO2. The van der Waals surface area contributed by atoms with E-state index < -0.39 is 5.60 Å². The Labute approximate surface area is 194 Å². The van der Waals surface area contributed by atoms with Crippen LogP contribution < -0.4 is 4.74 Å². The summed E-state index contributed by atoms with van der Waals surface area (Å²) in [4.78, 5) is 14.3. The van der Waals surface area contributed by atoms with Crippen LogP contribution in [0.1, 0.15) is 46.7 Å². The smallest absolute Gasteiger partial charge is 0.309 e. The largest absolute Gasteiger partial charge is 0.489 e. The first-order valence-electron chi connectivity index (χ1n) is 11.5. The average Bonchev–Trinajstić information content (AvgIpc) is 3.02. The van der Waals surface area contributed by atoms with E-state index in [1.54, 1.807) is 0 Å². The zero-order valence-electron chi connectivity index (χ0n) is 18.9. The first-order chi connectivity index (χ1) is 16.1. The zero-order valence-corrected chi connectivity index (χ0v) is 18.9. The highest BCUT2D eigenvalue weighted by Crippen LogP contribution is 2.43. The molecule has 2 aliphatic heterocycles. The fourth-order valence-corrected chi connectivity index (χ4v) is 5.13. The maximum Gasteiger partial charge on any atom is 0.309 e. The van der Waals surface area contributed by atoms with Crippen LogP contribution in [0, 0.1) is 0 Å². The number of esters is 1. The fraction of sp³-hybridized carbons (Fsp3) is 0.321. The number of nitrogens with zero attached hydrogens (tertiary/aromatic N) is 1. The monoisotopic (exact) mass is 443 g/mol. The first kappa shape index (κ1) is 21.7. The van der Waals surface area contributed by atoms with Crippen molar-refractivity contribution in [2.45, 2.75) is 37.5 Å². The van der Waals surface area contributed by atoms with Gasteiger partial charge in [-0.25, -0.2) is 0 Å². The van der Waals surface area contributed by atoms with E-state index in [9.17, 15) is 9.90 Å². The van der Waals surface area contributed by atoms with Crippen LogP contribution in [-0.4, -0.2) is 36.2 Å². The molecule has 0 aromatic heterocycles. The molecule has 0 aliphatic carbocycles. The molecule has 3 aromatic carbocycles. The van der Waals surface area contributed by atoms with E-state index in [2.05, 4.69) is 29.2 Å². The second-order valence-electron chi connectivity index (χ2n) is 8.95. The second-order valence-corrected chi connectivity index (χ2v) is 8.95. The fourth-order valence-electron chi connectivity index (χ4n) is 5.13. The summed E-state index contributed by atoms with van der Waals surface area (Å²) >= 11 is 0. The van der Waals surface area contributed by atoms with Crippen molar-refractivity contribution >= 4 is 5.97 Å². The number of benzene rings is 3. The summed E-state index contributed by atoms with van der Waals surface area (Å²) in [5.74, 6) is 0.584. The maximum atomic E-state index is 11.9. The van der Waals surface area contributed by atoms with Crippen molar-refractivity contribution in [3.05, 3.63) is 101 Å². The van der Waals surface area contributed by atoms with E-state index in [0.29, 0.717) is 19.4 Å². The van der Waals surface area contributed by atoms with Crippen LogP contribution in [0.3, 0.4) is 0 Å². The Hall–Kier alpha value is -3.15. The van der Waals surface area contributed by atoms with Gasteiger partial charge >= 0.3 is 5.97 Å². The zero-order chi connectivity index (χ0) is 22.8. The van der Waals surface area contributed by atoms with Crippen molar-refractivity contribution in [2.24, 2.45) is 0 Å². The van der Waals surface area contributed by atoms with Crippen LogP contribution in [0.25, 0.3) is 0 Å². The molecule has 5 heteroatoms. The molecule has 5 rings (SSSR count). The van der Waals surface area contributed by atoms with Gasteiger partial charge in [-0.15, -0.1) is 0 Å². The topological polar surface area (TPSA) is 59.0 Å². The number of rotatable bonds is 4. The van der Waals surface area contributed by atoms with Crippen molar-refractivity contribution in [2.75, 3.05) is 20.2 Å². The molecular weight excluding hydrogens is 414 g/mol. The molecule has 0 saturated carbocycles. The van der Waals surface area contributed by atoms with Gasteiger partial charge in [-0.1, -0.05) is 60.7 Å². The number of fused-ring (bicyclic) bond motifs is 2. The molecule has 3 aromatic rings. The summed E-state index contributed by atoms with van der Waals surface area (Å²) in [5, 5.41) is 11.4. The summed E-state index contributed by atoms with van der Waals surface area (Å²) in [7, 11) is 1.41. The number of aliphatic hydroxyl groups is 1. The number of likely N-dealkylation sites (tertiary alicyclic amines) is 1. The van der Waals surface area contributed by atoms with Gasteiger partial charge in [0.25, 0.3) is 0 Å². The summed E-state index contributed by atoms with van der Waals surface area (Å²) in [6.07, 6.45) is 1.55. The molecule has 1 N–H and O–H groups in total. The van der Waals surface area contributed by atoms with Crippen molar-refractivity contribution in [1.29, 1.82) is 0 Å². The number of carbonyl (C=O) groups is 1. The van der Waals surface area contributed by atoms with E-state index in [4.69, 9.17) is 9.47 Å². The Kier molecular flexibility index (Phi) is 5.92. The average molecular weight is 444 g/mol. The minimum atomic E-state index is -0.811. The Bertz CT molecular complexity index is 1140. The van der Waals surface area contributed by atoms with Crippen LogP contribution >= 0.6 is 0 Å². The van der Waals surface area contributed by atoms with Gasteiger partial charge in [0.15, 0.2) is 0 Å². The normalized spacial score (nSPS) is 19.5. The van der Waals surface area contributed by atoms with Gasteiger partial charge in [-0.05, 0) is 47.2 Å². The van der Waals surface area contributed by atoms with Gasteiger partial charge in [0.1, 0.15) is 12.4 Å². The lowest BCUT2D eigenvalue weighted by molar-refractivity contribution is -0.139. The van der Waals surface area contributed by atoms with Crippen molar-refractivity contribution in [3.63, 3.8) is 0 Å². The van der Waals surface area contributed by atoms with Crippen LogP contribution in [0.2, 0.25) is 0 Å². The Balaban J connectivity index is 1.50. The van der Waals surface area contributed by atoms with E-state index in [1.165, 1.54) is 12.7 Å². The summed E-state index contributed by atoms with van der Waals surface area (Å²) in [5.41, 5.74) is 4.52. The van der Waals surface area contributed by atoms with Crippen molar-refractivity contribution < 1.29 is 19.4 Å². The summed E-state index contributed by atoms with van der Waals surface area (Å²) in [6, 6.07) is 24.4. The lowest BCUT2D eigenvalue weighted by Gasteiger charge is -2.42. The van der Waals surface area contributed by atoms with E-state index >= 15 is 0 Å². The Morgan fingerprint density at radius 1 is 1.03 bits per heavy atom. The minimum absolute atomic E-state index is 0.00313. The highest BCUT2D eigenvalue weighted by Gasteiger charge is 2.38. The van der Waals surface area contributed by atoms with Crippen molar-refractivity contribution in [1.82, 2.24) is 4.90 Å². The molecule has 0 amide bonds. The lowest BCUT2D eigenvalue weighted by Crippen LogP contribution is -2.44. The third-order valence-corrected chi connectivity index (χ3v) is 6.98. The molecule has 1 unspecified atom stereocenters. The van der Waals surface area contributed by atoms with Gasteiger partial charge in [0, 0.05) is 18.7 Å². The minimum Gasteiger partial charge on any atom is -0.489 e. The predicted octanol–water partition coefficient (Wildman–Crippen LogP) is 4.37. The first-order valence-corrected chi connectivity index (χ1v) is 11.5. The highest BCUT2D eigenvalue weighted by atomic mass is 16.5. The van der Waals surface area contributed by atoms with Gasteiger partial charge < -0.3 is 14.6 Å². The third-order valence-electron chi connectivity index (χ3n) is 6.98. The van der Waals surface area contributed by atoms with Gasteiger partial charge in [0.05, 0.1) is 25.2 Å². The van der Waals surface area contributed by atoms with E-state index in [0.717, 1.165) is 41.1 Å². The molecule has 0 spiro atoms. The summed E-state index contributed by atoms with van der Waals surface area (Å²) < 4.78 is 11.1. The maximum absolute atomic E-state index is 11.9. The van der Waals surface area contributed by atoms with E-state index in [-0.39, 0.29) is 18.4 Å². The number of piperidine rings is 1. The molecule has 1 fully saturated rings. The van der Waals surface area contributed by atoms with Gasteiger partial charge in [-0.3, -0.25) is 9.69 Å². The van der Waals surface area contributed by atoms with Gasteiger partial charge in [0.2, 0.25) is 0 Å². The van der Waals surface area contributed by atoms with Crippen LogP contribution in [0.5, 0.6) is 5.75 Å². The molecule has 1 atom stereocenters. The standard InChI is InChI=1S/C28H29NO4/c1-32-26(30)18-20-11-12-25-24(17-20)27(23-10-6-5-7-21(23)19-33-25)29-15-13-28(31,14-16-29)22-8-3-2-4-9-22/h2-12,17,27,31H,13-16,18-19H2,1H3. The lowest BCUT2D eigenvalue weighted by atomic mass is 9.82. The Morgan fingerprint density at radius 2 is 1.76 bits per heavy atom. The quantitative estimate of drug-likeness (QED) is 0.607. The molecular formula is C28H29NO4. The van der Waals surface area contributed by atoms with E-state index in [1.807, 2.05) is 48.5 Å². The number of hydrogen-bond donors (Lipinski definition) is 1. The molecule has 33 heavy (non-hydrogen) atoms. The molecule has 2 aliphatic rings. The molecule has 170 valence electrons. The summed E-state index contributed by atoms with van der Waals surface area (Å²) in [6.45, 7) is 2.02. The molecule has 0 bridgehead atoms.